The summed E-state index contributed by atoms with van der Waals surface area (Å²) in [5.41, 5.74) is 0.761. The Hall–Kier alpha value is -1.95. The molecule has 0 aliphatic heterocycles. The maximum atomic E-state index is 11.8. The van der Waals surface area contributed by atoms with Crippen molar-refractivity contribution in [3.63, 3.8) is 0 Å². The number of aromatic nitrogens is 2. The Kier molecular flexibility index (Phi) is 4.11. The summed E-state index contributed by atoms with van der Waals surface area (Å²) in [4.78, 5) is 27.6. The summed E-state index contributed by atoms with van der Waals surface area (Å²) in [6.45, 7) is 4.09. The molecule has 2 heterocycles. The van der Waals surface area contributed by atoms with Crippen LogP contribution in [0.5, 0.6) is 0 Å². The molecule has 0 aromatic carbocycles. The van der Waals surface area contributed by atoms with Crippen LogP contribution in [-0.4, -0.2) is 15.5 Å². The third-order valence-corrected chi connectivity index (χ3v) is 3.35. The molecule has 2 rings (SSSR count). The van der Waals surface area contributed by atoms with E-state index in [2.05, 4.69) is 10.3 Å². The Morgan fingerprint density at radius 3 is 2.89 bits per heavy atom. The van der Waals surface area contributed by atoms with Gasteiger partial charge in [0.15, 0.2) is 5.13 Å². The van der Waals surface area contributed by atoms with Gasteiger partial charge >= 0.3 is 0 Å². The number of carbonyl (C=O) groups is 1. The van der Waals surface area contributed by atoms with Crippen LogP contribution in [-0.2, 0) is 11.3 Å². The molecule has 6 heteroatoms. The maximum Gasteiger partial charge on any atom is 0.250 e. The summed E-state index contributed by atoms with van der Waals surface area (Å²) in [5, 5.41) is 5.19. The standard InChI is InChI=1S/C13H15N3O2S/c1-9(2)10-8-19-13(14-10)15-11(17)7-16-6-4-3-5-12(16)18/h3-6,8-9H,7H2,1-2H3,(H,14,15,17). The van der Waals surface area contributed by atoms with Gasteiger partial charge in [-0.25, -0.2) is 4.98 Å². The van der Waals surface area contributed by atoms with Gasteiger partial charge in [-0.05, 0) is 12.0 Å². The van der Waals surface area contributed by atoms with E-state index in [1.807, 2.05) is 19.2 Å². The van der Waals surface area contributed by atoms with Crippen molar-refractivity contribution in [1.82, 2.24) is 9.55 Å². The topological polar surface area (TPSA) is 64.0 Å². The first-order valence-electron chi connectivity index (χ1n) is 5.97. The van der Waals surface area contributed by atoms with E-state index in [1.165, 1.54) is 22.0 Å². The molecular weight excluding hydrogens is 262 g/mol. The molecule has 19 heavy (non-hydrogen) atoms. The second-order valence-corrected chi connectivity index (χ2v) is 5.31. The molecule has 2 aromatic rings. The average Bonchev–Trinajstić information content (AvgIpc) is 2.80. The molecule has 1 amide bonds. The Balaban J connectivity index is 2.01. The number of thiazole rings is 1. The Bertz CT molecular complexity index is 631. The second-order valence-electron chi connectivity index (χ2n) is 4.45. The summed E-state index contributed by atoms with van der Waals surface area (Å²) in [5.74, 6) is 0.0802. The first-order chi connectivity index (χ1) is 9.06. The zero-order valence-electron chi connectivity index (χ0n) is 10.8. The van der Waals surface area contributed by atoms with Crippen LogP contribution in [0.4, 0.5) is 5.13 Å². The molecule has 1 N–H and O–H groups in total. The minimum atomic E-state index is -0.252. The highest BCUT2D eigenvalue weighted by Crippen LogP contribution is 2.21. The van der Waals surface area contributed by atoms with E-state index in [-0.39, 0.29) is 18.0 Å². The zero-order valence-corrected chi connectivity index (χ0v) is 11.6. The fourth-order valence-corrected chi connectivity index (χ4v) is 2.40. The first kappa shape index (κ1) is 13.5. The summed E-state index contributed by atoms with van der Waals surface area (Å²) in [6, 6.07) is 4.79. The normalized spacial score (nSPS) is 10.7. The van der Waals surface area contributed by atoms with E-state index in [4.69, 9.17) is 0 Å². The third-order valence-electron chi connectivity index (χ3n) is 2.57. The van der Waals surface area contributed by atoms with E-state index in [0.29, 0.717) is 11.0 Å². The van der Waals surface area contributed by atoms with Crippen LogP contribution in [0.2, 0.25) is 0 Å². The zero-order chi connectivity index (χ0) is 13.8. The van der Waals surface area contributed by atoms with Gasteiger partial charge in [-0.2, -0.15) is 0 Å². The number of carbonyl (C=O) groups excluding carboxylic acids is 1. The number of hydrogen-bond donors (Lipinski definition) is 1. The van der Waals surface area contributed by atoms with Crippen molar-refractivity contribution in [2.75, 3.05) is 5.32 Å². The van der Waals surface area contributed by atoms with Gasteiger partial charge in [-0.15, -0.1) is 11.3 Å². The van der Waals surface area contributed by atoms with Gasteiger partial charge < -0.3 is 9.88 Å². The van der Waals surface area contributed by atoms with E-state index in [1.54, 1.807) is 18.3 Å². The Morgan fingerprint density at radius 2 is 2.26 bits per heavy atom. The van der Waals surface area contributed by atoms with Gasteiger partial charge in [0.1, 0.15) is 6.54 Å². The van der Waals surface area contributed by atoms with E-state index in [9.17, 15) is 9.59 Å². The van der Waals surface area contributed by atoms with Crippen LogP contribution in [0.1, 0.15) is 25.5 Å². The summed E-state index contributed by atoms with van der Waals surface area (Å²) in [7, 11) is 0. The molecule has 0 aliphatic carbocycles. The van der Waals surface area contributed by atoms with E-state index < -0.39 is 0 Å². The minimum Gasteiger partial charge on any atom is -0.306 e. The van der Waals surface area contributed by atoms with Gasteiger partial charge in [0.05, 0.1) is 5.69 Å². The van der Waals surface area contributed by atoms with Crippen molar-refractivity contribution in [3.8, 4) is 0 Å². The predicted octanol–water partition coefficient (Wildman–Crippen LogP) is 2.07. The second kappa shape index (κ2) is 5.79. The van der Waals surface area contributed by atoms with Crippen LogP contribution < -0.4 is 10.9 Å². The van der Waals surface area contributed by atoms with Gasteiger partial charge in [0.25, 0.3) is 5.56 Å². The Morgan fingerprint density at radius 1 is 1.47 bits per heavy atom. The number of amides is 1. The maximum absolute atomic E-state index is 11.8. The third kappa shape index (κ3) is 3.51. The molecule has 0 fully saturated rings. The van der Waals surface area contributed by atoms with Crippen LogP contribution in [0.25, 0.3) is 0 Å². The van der Waals surface area contributed by atoms with Gasteiger partial charge in [0, 0.05) is 17.6 Å². The lowest BCUT2D eigenvalue weighted by atomic mass is 10.2. The molecule has 0 bridgehead atoms. The number of nitrogens with one attached hydrogen (secondary N) is 1. The molecule has 0 spiro atoms. The molecule has 0 saturated carbocycles. The SMILES string of the molecule is CC(C)c1csc(NC(=O)Cn2ccccc2=O)n1. The lowest BCUT2D eigenvalue weighted by Crippen LogP contribution is -2.26. The van der Waals surface area contributed by atoms with Gasteiger partial charge in [-0.3, -0.25) is 9.59 Å². The fraction of sp³-hybridized carbons (Fsp3) is 0.308. The highest BCUT2D eigenvalue weighted by atomic mass is 32.1. The van der Waals surface area contributed by atoms with Crippen molar-refractivity contribution in [3.05, 3.63) is 45.8 Å². The first-order valence-corrected chi connectivity index (χ1v) is 6.85. The predicted molar refractivity (Wildman–Crippen MR) is 75.5 cm³/mol. The molecule has 5 nitrogen and oxygen atoms in total. The van der Waals surface area contributed by atoms with Crippen molar-refractivity contribution in [1.29, 1.82) is 0 Å². The number of nitrogens with zero attached hydrogens (tertiary/aromatic N) is 2. The number of anilines is 1. The largest absolute Gasteiger partial charge is 0.306 e. The molecule has 100 valence electrons. The van der Waals surface area contributed by atoms with Crippen molar-refractivity contribution < 1.29 is 4.79 Å². The highest BCUT2D eigenvalue weighted by Gasteiger charge is 2.09. The van der Waals surface area contributed by atoms with Gasteiger partial charge in [0.2, 0.25) is 5.91 Å². The lowest BCUT2D eigenvalue weighted by molar-refractivity contribution is -0.116. The van der Waals surface area contributed by atoms with E-state index in [0.717, 1.165) is 5.69 Å². The van der Waals surface area contributed by atoms with Crippen molar-refractivity contribution >= 4 is 22.4 Å². The summed E-state index contributed by atoms with van der Waals surface area (Å²) in [6.07, 6.45) is 1.59. The Labute approximate surface area is 114 Å². The summed E-state index contributed by atoms with van der Waals surface area (Å²) >= 11 is 1.39. The van der Waals surface area contributed by atoms with Crippen LogP contribution >= 0.6 is 11.3 Å². The quantitative estimate of drug-likeness (QED) is 0.930. The van der Waals surface area contributed by atoms with Gasteiger partial charge in [-0.1, -0.05) is 19.9 Å². The highest BCUT2D eigenvalue weighted by molar-refractivity contribution is 7.13. The number of rotatable bonds is 4. The molecular formula is C13H15N3O2S. The fourth-order valence-electron chi connectivity index (χ4n) is 1.51. The molecule has 0 radical (unpaired) electrons. The molecule has 2 aromatic heterocycles. The minimum absolute atomic E-state index is 0.00371. The summed E-state index contributed by atoms with van der Waals surface area (Å²) < 4.78 is 1.35. The van der Waals surface area contributed by atoms with Crippen molar-refractivity contribution in [2.24, 2.45) is 0 Å². The molecule has 0 unspecified atom stereocenters. The molecule has 0 atom stereocenters. The average molecular weight is 277 g/mol. The monoisotopic (exact) mass is 277 g/mol. The van der Waals surface area contributed by atoms with Crippen LogP contribution in [0.15, 0.2) is 34.6 Å². The smallest absolute Gasteiger partial charge is 0.250 e. The number of pyridine rings is 1. The molecule has 0 saturated heterocycles. The van der Waals surface area contributed by atoms with Crippen LogP contribution in [0.3, 0.4) is 0 Å². The lowest BCUT2D eigenvalue weighted by Gasteiger charge is -2.04. The molecule has 0 aliphatic rings. The number of hydrogen-bond acceptors (Lipinski definition) is 4. The van der Waals surface area contributed by atoms with Crippen molar-refractivity contribution in [2.45, 2.75) is 26.3 Å². The van der Waals surface area contributed by atoms with E-state index >= 15 is 0 Å². The van der Waals surface area contributed by atoms with Crippen LogP contribution in [0, 0.1) is 0 Å².